The van der Waals surface area contributed by atoms with E-state index in [2.05, 4.69) is 0 Å². The normalized spacial score (nSPS) is 10.2. The summed E-state index contributed by atoms with van der Waals surface area (Å²) in [6.45, 7) is 0.575. The molecule has 0 radical (unpaired) electrons. The maximum Gasteiger partial charge on any atom is 0.130 e. The van der Waals surface area contributed by atoms with Gasteiger partial charge in [-0.15, -0.1) is 0 Å². The van der Waals surface area contributed by atoms with Crippen molar-refractivity contribution >= 4 is 11.6 Å². The van der Waals surface area contributed by atoms with Gasteiger partial charge in [0.05, 0.1) is 0 Å². The van der Waals surface area contributed by atoms with Gasteiger partial charge in [0.25, 0.3) is 0 Å². The summed E-state index contributed by atoms with van der Waals surface area (Å²) in [5.41, 5.74) is 6.61. The lowest BCUT2D eigenvalue weighted by molar-refractivity contribution is 0.476. The van der Waals surface area contributed by atoms with Crippen LogP contribution in [0.1, 0.15) is 5.56 Å². The molecule has 0 amide bonds. The summed E-state index contributed by atoms with van der Waals surface area (Å²) in [6, 6.07) is 15.3. The molecule has 0 bridgehead atoms. The summed E-state index contributed by atoms with van der Waals surface area (Å²) in [5.74, 6) is 1.62. The van der Waals surface area contributed by atoms with Crippen molar-refractivity contribution in [2.75, 3.05) is 6.54 Å². The van der Waals surface area contributed by atoms with Crippen LogP contribution in [0.3, 0.4) is 0 Å². The number of nitrogens with two attached hydrogens (primary N) is 1. The number of halogens is 1. The fourth-order valence-electron chi connectivity index (χ4n) is 1.61. The van der Waals surface area contributed by atoms with Gasteiger partial charge in [0.2, 0.25) is 0 Å². The Bertz CT molecular complexity index is 485. The van der Waals surface area contributed by atoms with Crippen LogP contribution in [0, 0.1) is 0 Å². The van der Waals surface area contributed by atoms with Gasteiger partial charge >= 0.3 is 0 Å². The predicted octanol–water partition coefficient (Wildman–Crippen LogP) is 3.63. The van der Waals surface area contributed by atoms with Crippen LogP contribution >= 0.6 is 11.6 Å². The van der Waals surface area contributed by atoms with E-state index in [1.165, 1.54) is 0 Å². The average Bonchev–Trinajstić information content (AvgIpc) is 2.34. The Morgan fingerprint density at radius 3 is 2.53 bits per heavy atom. The minimum Gasteiger partial charge on any atom is -0.457 e. The fraction of sp³-hybridized carbons (Fsp3) is 0.143. The highest BCUT2D eigenvalue weighted by atomic mass is 35.5. The van der Waals surface area contributed by atoms with E-state index in [9.17, 15) is 0 Å². The lowest BCUT2D eigenvalue weighted by Gasteiger charge is -2.10. The van der Waals surface area contributed by atoms with Gasteiger partial charge in [0.1, 0.15) is 11.5 Å². The highest BCUT2D eigenvalue weighted by molar-refractivity contribution is 6.30. The van der Waals surface area contributed by atoms with Gasteiger partial charge in [0.15, 0.2) is 0 Å². The van der Waals surface area contributed by atoms with Crippen LogP contribution in [0.5, 0.6) is 11.5 Å². The minimum atomic E-state index is 0.575. The molecular formula is C14H14ClNO. The molecule has 0 saturated carbocycles. The van der Waals surface area contributed by atoms with Crippen LogP contribution in [-0.4, -0.2) is 6.54 Å². The maximum atomic E-state index is 5.96. The van der Waals surface area contributed by atoms with Crippen LogP contribution in [-0.2, 0) is 6.42 Å². The zero-order chi connectivity index (χ0) is 12.1. The smallest absolute Gasteiger partial charge is 0.130 e. The molecule has 0 atom stereocenters. The number of para-hydroxylation sites is 1. The number of hydrogen-bond donors (Lipinski definition) is 1. The molecule has 0 aliphatic rings. The minimum absolute atomic E-state index is 0.575. The van der Waals surface area contributed by atoms with E-state index >= 15 is 0 Å². The molecule has 0 saturated heterocycles. The van der Waals surface area contributed by atoms with Gasteiger partial charge in [-0.25, -0.2) is 0 Å². The summed E-state index contributed by atoms with van der Waals surface area (Å²) in [5, 5.41) is 0.703. The topological polar surface area (TPSA) is 35.2 Å². The monoisotopic (exact) mass is 247 g/mol. The molecule has 2 aromatic carbocycles. The third-order valence-corrected chi connectivity index (χ3v) is 2.64. The summed E-state index contributed by atoms with van der Waals surface area (Å²) in [4.78, 5) is 0. The number of rotatable bonds is 4. The molecule has 0 aromatic heterocycles. The standard InChI is InChI=1S/C14H14ClNO/c15-12-6-7-14(11(10-12)8-9-16)17-13-4-2-1-3-5-13/h1-7,10H,8-9,16H2. The highest BCUT2D eigenvalue weighted by Crippen LogP contribution is 2.27. The molecule has 0 aliphatic heterocycles. The first-order valence-electron chi connectivity index (χ1n) is 5.51. The van der Waals surface area contributed by atoms with Gasteiger partial charge in [-0.05, 0) is 48.9 Å². The van der Waals surface area contributed by atoms with Gasteiger partial charge in [-0.1, -0.05) is 29.8 Å². The molecule has 3 heteroatoms. The van der Waals surface area contributed by atoms with E-state index in [0.29, 0.717) is 11.6 Å². The molecular weight excluding hydrogens is 234 g/mol. The first-order chi connectivity index (χ1) is 8.29. The Balaban J connectivity index is 2.26. The van der Waals surface area contributed by atoms with Gasteiger partial charge in [-0.3, -0.25) is 0 Å². The predicted molar refractivity (Wildman–Crippen MR) is 70.7 cm³/mol. The summed E-state index contributed by atoms with van der Waals surface area (Å²) in [7, 11) is 0. The molecule has 0 heterocycles. The number of benzene rings is 2. The van der Waals surface area contributed by atoms with Gasteiger partial charge in [0, 0.05) is 5.02 Å². The van der Waals surface area contributed by atoms with Crippen LogP contribution < -0.4 is 10.5 Å². The first-order valence-corrected chi connectivity index (χ1v) is 5.89. The molecule has 0 unspecified atom stereocenters. The third-order valence-electron chi connectivity index (χ3n) is 2.41. The van der Waals surface area contributed by atoms with Crippen LogP contribution in [0.2, 0.25) is 5.02 Å². The summed E-state index contributed by atoms with van der Waals surface area (Å²) >= 11 is 5.96. The molecule has 2 rings (SSSR count). The largest absolute Gasteiger partial charge is 0.457 e. The third kappa shape index (κ3) is 3.22. The maximum absolute atomic E-state index is 5.96. The zero-order valence-electron chi connectivity index (χ0n) is 9.40. The van der Waals surface area contributed by atoms with Crippen LogP contribution in [0.15, 0.2) is 48.5 Å². The first kappa shape index (κ1) is 12.0. The Kier molecular flexibility index (Phi) is 4.02. The molecule has 2 aromatic rings. The average molecular weight is 248 g/mol. The summed E-state index contributed by atoms with van der Waals surface area (Å²) in [6.07, 6.45) is 0.753. The molecule has 2 N–H and O–H groups in total. The lowest BCUT2D eigenvalue weighted by Crippen LogP contribution is -2.04. The second-order valence-electron chi connectivity index (χ2n) is 3.71. The van der Waals surface area contributed by atoms with Crippen molar-refractivity contribution in [3.63, 3.8) is 0 Å². The van der Waals surface area contributed by atoms with E-state index in [0.717, 1.165) is 23.5 Å². The van der Waals surface area contributed by atoms with Gasteiger partial charge < -0.3 is 10.5 Å². The van der Waals surface area contributed by atoms with Crippen molar-refractivity contribution in [2.45, 2.75) is 6.42 Å². The Labute approximate surface area is 106 Å². The van der Waals surface area contributed by atoms with Crippen molar-refractivity contribution < 1.29 is 4.74 Å². The van der Waals surface area contributed by atoms with Gasteiger partial charge in [-0.2, -0.15) is 0 Å². The van der Waals surface area contributed by atoms with Crippen molar-refractivity contribution in [1.82, 2.24) is 0 Å². The highest BCUT2D eigenvalue weighted by Gasteiger charge is 2.05. The molecule has 2 nitrogen and oxygen atoms in total. The molecule has 17 heavy (non-hydrogen) atoms. The van der Waals surface area contributed by atoms with Crippen LogP contribution in [0.4, 0.5) is 0 Å². The van der Waals surface area contributed by atoms with Crippen molar-refractivity contribution in [1.29, 1.82) is 0 Å². The lowest BCUT2D eigenvalue weighted by atomic mass is 10.1. The zero-order valence-corrected chi connectivity index (χ0v) is 10.2. The van der Waals surface area contributed by atoms with Crippen molar-refractivity contribution in [2.24, 2.45) is 5.73 Å². The summed E-state index contributed by atoms with van der Waals surface area (Å²) < 4.78 is 5.80. The SMILES string of the molecule is NCCc1cc(Cl)ccc1Oc1ccccc1. The Hall–Kier alpha value is -1.51. The van der Waals surface area contributed by atoms with E-state index < -0.39 is 0 Å². The molecule has 88 valence electrons. The Morgan fingerprint density at radius 1 is 1.06 bits per heavy atom. The molecule has 0 fully saturated rings. The Morgan fingerprint density at radius 2 is 1.82 bits per heavy atom. The number of hydrogen-bond acceptors (Lipinski definition) is 2. The van der Waals surface area contributed by atoms with Crippen molar-refractivity contribution in [3.8, 4) is 11.5 Å². The molecule has 0 aliphatic carbocycles. The molecule has 0 spiro atoms. The van der Waals surface area contributed by atoms with E-state index in [4.69, 9.17) is 22.1 Å². The van der Waals surface area contributed by atoms with E-state index in [1.54, 1.807) is 0 Å². The van der Waals surface area contributed by atoms with Crippen LogP contribution in [0.25, 0.3) is 0 Å². The fourth-order valence-corrected chi connectivity index (χ4v) is 1.81. The quantitative estimate of drug-likeness (QED) is 0.895. The van der Waals surface area contributed by atoms with E-state index in [-0.39, 0.29) is 0 Å². The van der Waals surface area contributed by atoms with E-state index in [1.807, 2.05) is 48.5 Å². The van der Waals surface area contributed by atoms with Crippen molar-refractivity contribution in [3.05, 3.63) is 59.1 Å². The number of ether oxygens (including phenoxy) is 1. The second-order valence-corrected chi connectivity index (χ2v) is 4.14. The second kappa shape index (κ2) is 5.71.